The fourth-order valence-corrected chi connectivity index (χ4v) is 3.57. The number of benzene rings is 2. The molecule has 1 heterocycles. The van der Waals surface area contributed by atoms with E-state index >= 15 is 0 Å². The van der Waals surface area contributed by atoms with Gasteiger partial charge in [0, 0.05) is 31.1 Å². The van der Waals surface area contributed by atoms with Gasteiger partial charge in [-0.1, -0.05) is 36.8 Å². The summed E-state index contributed by atoms with van der Waals surface area (Å²) in [5.74, 6) is 0.483. The molecular formula is C23H28N2O3. The SMILES string of the molecule is CCOc1ccc(NC(=O)CC2CCCCN(Cc3ccccc3)C2=O)cc1. The van der Waals surface area contributed by atoms with Crippen LogP contribution in [0.15, 0.2) is 54.6 Å². The largest absolute Gasteiger partial charge is 0.494 e. The van der Waals surface area contributed by atoms with Gasteiger partial charge in [0.1, 0.15) is 5.75 Å². The predicted octanol–water partition coefficient (Wildman–Crippen LogP) is 4.24. The zero-order valence-corrected chi connectivity index (χ0v) is 16.4. The Morgan fingerprint density at radius 3 is 2.57 bits per heavy atom. The minimum atomic E-state index is -0.256. The van der Waals surface area contributed by atoms with Gasteiger partial charge in [-0.25, -0.2) is 0 Å². The Hall–Kier alpha value is -2.82. The fourth-order valence-electron chi connectivity index (χ4n) is 3.57. The zero-order chi connectivity index (χ0) is 19.8. The molecule has 5 heteroatoms. The molecule has 1 aliphatic rings. The van der Waals surface area contributed by atoms with Crippen LogP contribution in [0.5, 0.6) is 5.75 Å². The molecule has 28 heavy (non-hydrogen) atoms. The molecule has 1 aliphatic heterocycles. The molecule has 0 aliphatic carbocycles. The number of carbonyl (C=O) groups excluding carboxylic acids is 2. The molecule has 0 radical (unpaired) electrons. The summed E-state index contributed by atoms with van der Waals surface area (Å²) in [7, 11) is 0. The van der Waals surface area contributed by atoms with Gasteiger partial charge in [0.05, 0.1) is 6.61 Å². The van der Waals surface area contributed by atoms with Gasteiger partial charge in [0.2, 0.25) is 11.8 Å². The Morgan fingerprint density at radius 1 is 1.11 bits per heavy atom. The number of nitrogens with one attached hydrogen (secondary N) is 1. The van der Waals surface area contributed by atoms with Crippen LogP contribution in [0.1, 0.15) is 38.2 Å². The molecule has 1 saturated heterocycles. The molecular weight excluding hydrogens is 352 g/mol. The maximum absolute atomic E-state index is 13.0. The van der Waals surface area contributed by atoms with E-state index in [0.29, 0.717) is 13.2 Å². The van der Waals surface area contributed by atoms with E-state index in [1.165, 1.54) is 0 Å². The van der Waals surface area contributed by atoms with E-state index < -0.39 is 0 Å². The molecule has 1 fully saturated rings. The van der Waals surface area contributed by atoms with E-state index in [1.54, 1.807) is 0 Å². The van der Waals surface area contributed by atoms with Crippen LogP contribution in [0, 0.1) is 5.92 Å². The lowest BCUT2D eigenvalue weighted by molar-refractivity contribution is -0.137. The van der Waals surface area contributed by atoms with Crippen LogP contribution in [-0.2, 0) is 16.1 Å². The van der Waals surface area contributed by atoms with Crippen molar-refractivity contribution in [3.8, 4) is 5.75 Å². The Kier molecular flexibility index (Phi) is 7.06. The first-order valence-corrected chi connectivity index (χ1v) is 10.0. The van der Waals surface area contributed by atoms with Gasteiger partial charge < -0.3 is 15.0 Å². The molecule has 2 aromatic carbocycles. The average Bonchev–Trinajstić information content (AvgIpc) is 2.87. The second-order valence-corrected chi connectivity index (χ2v) is 7.15. The maximum atomic E-state index is 13.0. The second-order valence-electron chi connectivity index (χ2n) is 7.15. The third kappa shape index (κ3) is 5.59. The van der Waals surface area contributed by atoms with Gasteiger partial charge in [-0.2, -0.15) is 0 Å². The number of nitrogens with zero attached hydrogens (tertiary/aromatic N) is 1. The molecule has 0 saturated carbocycles. The van der Waals surface area contributed by atoms with E-state index in [0.717, 1.165) is 42.8 Å². The number of amides is 2. The first-order valence-electron chi connectivity index (χ1n) is 10.0. The van der Waals surface area contributed by atoms with E-state index in [-0.39, 0.29) is 24.2 Å². The third-order valence-electron chi connectivity index (χ3n) is 4.99. The average molecular weight is 380 g/mol. The fraction of sp³-hybridized carbons (Fsp3) is 0.391. The lowest BCUT2D eigenvalue weighted by Crippen LogP contribution is -2.36. The summed E-state index contributed by atoms with van der Waals surface area (Å²) in [5.41, 5.74) is 1.84. The summed E-state index contributed by atoms with van der Waals surface area (Å²) < 4.78 is 5.41. The van der Waals surface area contributed by atoms with E-state index in [2.05, 4.69) is 5.32 Å². The van der Waals surface area contributed by atoms with Crippen molar-refractivity contribution in [1.82, 2.24) is 4.90 Å². The summed E-state index contributed by atoms with van der Waals surface area (Å²) in [6.45, 7) is 3.90. The molecule has 0 bridgehead atoms. The normalized spacial score (nSPS) is 17.1. The third-order valence-corrected chi connectivity index (χ3v) is 4.99. The van der Waals surface area contributed by atoms with Crippen molar-refractivity contribution >= 4 is 17.5 Å². The van der Waals surface area contributed by atoms with Crippen LogP contribution in [0.25, 0.3) is 0 Å². The van der Waals surface area contributed by atoms with Crippen molar-refractivity contribution in [3.05, 3.63) is 60.2 Å². The van der Waals surface area contributed by atoms with Crippen molar-refractivity contribution in [1.29, 1.82) is 0 Å². The highest BCUT2D eigenvalue weighted by Crippen LogP contribution is 2.23. The summed E-state index contributed by atoms with van der Waals surface area (Å²) in [6.07, 6.45) is 2.94. The monoisotopic (exact) mass is 380 g/mol. The van der Waals surface area contributed by atoms with E-state index in [9.17, 15) is 9.59 Å². The van der Waals surface area contributed by atoms with Gasteiger partial charge in [0.25, 0.3) is 0 Å². The molecule has 2 amide bonds. The highest BCUT2D eigenvalue weighted by Gasteiger charge is 2.28. The quantitative estimate of drug-likeness (QED) is 0.781. The standard InChI is InChI=1S/C23H28N2O3/c1-2-28-21-13-11-20(12-14-21)24-22(26)16-19-10-6-7-15-25(23(19)27)17-18-8-4-3-5-9-18/h3-5,8-9,11-14,19H,2,6-7,10,15-17H2,1H3,(H,24,26). The Labute approximate surface area is 166 Å². The molecule has 0 spiro atoms. The van der Waals surface area contributed by atoms with Crippen LogP contribution in [0.3, 0.4) is 0 Å². The lowest BCUT2D eigenvalue weighted by Gasteiger charge is -2.24. The van der Waals surface area contributed by atoms with Gasteiger partial charge in [-0.15, -0.1) is 0 Å². The smallest absolute Gasteiger partial charge is 0.226 e. The van der Waals surface area contributed by atoms with E-state index in [1.807, 2.05) is 66.4 Å². The second kappa shape index (κ2) is 9.93. The number of hydrogen-bond donors (Lipinski definition) is 1. The van der Waals surface area contributed by atoms with Gasteiger partial charge in [0.15, 0.2) is 0 Å². The number of rotatable bonds is 7. The Bertz CT molecular complexity index is 774. The van der Waals surface area contributed by atoms with Crippen molar-refractivity contribution in [2.45, 2.75) is 39.2 Å². The Balaban J connectivity index is 1.58. The predicted molar refractivity (Wildman–Crippen MR) is 110 cm³/mol. The number of hydrogen-bond acceptors (Lipinski definition) is 3. The minimum absolute atomic E-state index is 0.0863. The maximum Gasteiger partial charge on any atom is 0.226 e. The van der Waals surface area contributed by atoms with Crippen molar-refractivity contribution < 1.29 is 14.3 Å². The molecule has 1 unspecified atom stereocenters. The number of likely N-dealkylation sites (tertiary alicyclic amines) is 1. The van der Waals surface area contributed by atoms with Gasteiger partial charge in [-0.3, -0.25) is 9.59 Å². The van der Waals surface area contributed by atoms with Crippen molar-refractivity contribution in [3.63, 3.8) is 0 Å². The van der Waals surface area contributed by atoms with Crippen LogP contribution >= 0.6 is 0 Å². The molecule has 1 atom stereocenters. The summed E-state index contributed by atoms with van der Waals surface area (Å²) >= 11 is 0. The molecule has 1 N–H and O–H groups in total. The molecule has 5 nitrogen and oxygen atoms in total. The molecule has 2 aromatic rings. The first kappa shape index (κ1) is 19.9. The summed E-state index contributed by atoms with van der Waals surface area (Å²) in [6, 6.07) is 17.3. The lowest BCUT2D eigenvalue weighted by atomic mass is 9.98. The van der Waals surface area contributed by atoms with Crippen molar-refractivity contribution in [2.24, 2.45) is 5.92 Å². The van der Waals surface area contributed by atoms with Crippen LogP contribution in [0.4, 0.5) is 5.69 Å². The van der Waals surface area contributed by atoms with E-state index in [4.69, 9.17) is 4.74 Å². The first-order chi connectivity index (χ1) is 13.7. The minimum Gasteiger partial charge on any atom is -0.494 e. The number of anilines is 1. The number of carbonyl (C=O) groups is 2. The number of ether oxygens (including phenoxy) is 1. The topological polar surface area (TPSA) is 58.6 Å². The highest BCUT2D eigenvalue weighted by molar-refractivity contribution is 5.94. The van der Waals surface area contributed by atoms with Crippen LogP contribution in [0.2, 0.25) is 0 Å². The Morgan fingerprint density at radius 2 is 1.86 bits per heavy atom. The molecule has 148 valence electrons. The van der Waals surface area contributed by atoms with Crippen molar-refractivity contribution in [2.75, 3.05) is 18.5 Å². The van der Waals surface area contributed by atoms with Crippen LogP contribution < -0.4 is 10.1 Å². The van der Waals surface area contributed by atoms with Gasteiger partial charge >= 0.3 is 0 Å². The van der Waals surface area contributed by atoms with Crippen LogP contribution in [-0.4, -0.2) is 29.9 Å². The molecule has 3 rings (SSSR count). The van der Waals surface area contributed by atoms with Gasteiger partial charge in [-0.05, 0) is 49.6 Å². The summed E-state index contributed by atoms with van der Waals surface area (Å²) in [5, 5.41) is 2.90. The molecule has 0 aromatic heterocycles. The summed E-state index contributed by atoms with van der Waals surface area (Å²) in [4.78, 5) is 27.4. The highest BCUT2D eigenvalue weighted by atomic mass is 16.5. The zero-order valence-electron chi connectivity index (χ0n) is 16.4.